The Morgan fingerprint density at radius 2 is 1.55 bits per heavy atom. The fourth-order valence-corrected chi connectivity index (χ4v) is 3.35. The van der Waals surface area contributed by atoms with Gasteiger partial charge in [-0.1, -0.05) is 42.5 Å². The summed E-state index contributed by atoms with van der Waals surface area (Å²) in [5, 5.41) is 7.30. The van der Waals surface area contributed by atoms with Crippen LogP contribution in [-0.2, 0) is 9.53 Å². The van der Waals surface area contributed by atoms with Crippen molar-refractivity contribution in [3.8, 4) is 17.2 Å². The number of esters is 1. The number of para-hydroxylation sites is 2. The molecule has 166 valence electrons. The van der Waals surface area contributed by atoms with Crippen molar-refractivity contribution in [2.45, 2.75) is 13.8 Å². The first kappa shape index (κ1) is 21.8. The topological polar surface area (TPSA) is 82.5 Å². The number of nitrogens with one attached hydrogen (secondary N) is 1. The first-order valence-electron chi connectivity index (χ1n) is 10.4. The van der Waals surface area contributed by atoms with Gasteiger partial charge in [0.15, 0.2) is 6.61 Å². The first-order valence-corrected chi connectivity index (χ1v) is 10.4. The molecular formula is C26H23N3O4. The summed E-state index contributed by atoms with van der Waals surface area (Å²) in [5.41, 5.74) is 3.23. The number of hydrogen-bond acceptors (Lipinski definition) is 5. The molecule has 4 aromatic rings. The van der Waals surface area contributed by atoms with E-state index in [4.69, 9.17) is 9.47 Å². The molecule has 0 bridgehead atoms. The van der Waals surface area contributed by atoms with Crippen LogP contribution in [0, 0.1) is 13.8 Å². The highest BCUT2D eigenvalue weighted by molar-refractivity contribution is 5.96. The van der Waals surface area contributed by atoms with Crippen molar-refractivity contribution in [2.75, 3.05) is 11.9 Å². The van der Waals surface area contributed by atoms with Gasteiger partial charge in [0.1, 0.15) is 11.5 Å². The lowest BCUT2D eigenvalue weighted by Gasteiger charge is -2.09. The Hall–Kier alpha value is -4.39. The lowest BCUT2D eigenvalue weighted by atomic mass is 10.2. The molecule has 0 aliphatic heterocycles. The average molecular weight is 441 g/mol. The monoisotopic (exact) mass is 441 g/mol. The number of aromatic nitrogens is 2. The SMILES string of the molecule is Cc1nn(-c2ccccc2)c(C)c1NC(=O)COC(=O)c1cccc(Oc2ccccc2)c1. The number of amides is 1. The van der Waals surface area contributed by atoms with Crippen LogP contribution in [0.4, 0.5) is 5.69 Å². The predicted molar refractivity (Wildman–Crippen MR) is 125 cm³/mol. The van der Waals surface area contributed by atoms with Crippen molar-refractivity contribution in [3.63, 3.8) is 0 Å². The Kier molecular flexibility index (Phi) is 6.50. The molecule has 0 saturated heterocycles. The molecule has 33 heavy (non-hydrogen) atoms. The maximum absolute atomic E-state index is 12.5. The van der Waals surface area contributed by atoms with Gasteiger partial charge in [-0.3, -0.25) is 4.79 Å². The number of nitrogens with zero attached hydrogens (tertiary/aromatic N) is 2. The molecule has 0 fully saturated rings. The second-order valence-corrected chi connectivity index (χ2v) is 7.36. The number of rotatable bonds is 7. The van der Waals surface area contributed by atoms with Crippen LogP contribution < -0.4 is 10.1 Å². The van der Waals surface area contributed by atoms with E-state index in [2.05, 4.69) is 10.4 Å². The summed E-state index contributed by atoms with van der Waals surface area (Å²) in [6.45, 7) is 3.26. The Bertz CT molecular complexity index is 1270. The standard InChI is InChI=1S/C26H23N3O4/c1-18-25(19(2)29(28-18)21-11-5-3-6-12-21)27-24(30)17-32-26(31)20-10-9-15-23(16-20)33-22-13-7-4-8-14-22/h3-16H,17H2,1-2H3,(H,27,30). The van der Waals surface area contributed by atoms with Crippen molar-refractivity contribution < 1.29 is 19.1 Å². The van der Waals surface area contributed by atoms with E-state index < -0.39 is 18.5 Å². The van der Waals surface area contributed by atoms with Gasteiger partial charge >= 0.3 is 5.97 Å². The Morgan fingerprint density at radius 3 is 2.27 bits per heavy atom. The van der Waals surface area contributed by atoms with Crippen LogP contribution in [0.3, 0.4) is 0 Å². The van der Waals surface area contributed by atoms with Crippen molar-refractivity contribution in [1.82, 2.24) is 9.78 Å². The number of benzene rings is 3. The molecule has 4 rings (SSSR count). The molecule has 7 heteroatoms. The molecule has 0 radical (unpaired) electrons. The van der Waals surface area contributed by atoms with Gasteiger partial charge in [-0.2, -0.15) is 5.10 Å². The molecule has 0 aliphatic rings. The van der Waals surface area contributed by atoms with E-state index in [9.17, 15) is 9.59 Å². The Morgan fingerprint density at radius 1 is 0.879 bits per heavy atom. The summed E-state index contributed by atoms with van der Waals surface area (Å²) in [6.07, 6.45) is 0. The van der Waals surface area contributed by atoms with Crippen molar-refractivity contribution in [3.05, 3.63) is 102 Å². The summed E-state index contributed by atoms with van der Waals surface area (Å²) >= 11 is 0. The molecular weight excluding hydrogens is 418 g/mol. The summed E-state index contributed by atoms with van der Waals surface area (Å²) in [7, 11) is 0. The molecule has 7 nitrogen and oxygen atoms in total. The van der Waals surface area contributed by atoms with Crippen molar-refractivity contribution in [1.29, 1.82) is 0 Å². The molecule has 1 amide bonds. The van der Waals surface area contributed by atoms with E-state index >= 15 is 0 Å². The fourth-order valence-electron chi connectivity index (χ4n) is 3.35. The third-order valence-electron chi connectivity index (χ3n) is 4.94. The van der Waals surface area contributed by atoms with Crippen LogP contribution in [-0.4, -0.2) is 28.3 Å². The minimum Gasteiger partial charge on any atom is -0.457 e. The smallest absolute Gasteiger partial charge is 0.338 e. The summed E-state index contributed by atoms with van der Waals surface area (Å²) in [4.78, 5) is 24.9. The first-order chi connectivity index (χ1) is 16.0. The highest BCUT2D eigenvalue weighted by atomic mass is 16.5. The second kappa shape index (κ2) is 9.82. The summed E-state index contributed by atoms with van der Waals surface area (Å²) < 4.78 is 12.7. The number of hydrogen-bond donors (Lipinski definition) is 1. The van der Waals surface area contributed by atoms with E-state index in [1.807, 2.05) is 74.5 Å². The van der Waals surface area contributed by atoms with Gasteiger partial charge in [0.25, 0.3) is 5.91 Å². The summed E-state index contributed by atoms with van der Waals surface area (Å²) in [5.74, 6) is 0.0970. The van der Waals surface area contributed by atoms with Gasteiger partial charge in [-0.05, 0) is 56.3 Å². The zero-order valence-corrected chi connectivity index (χ0v) is 18.3. The maximum atomic E-state index is 12.5. The lowest BCUT2D eigenvalue weighted by molar-refractivity contribution is -0.119. The van der Waals surface area contributed by atoms with Crippen LogP contribution in [0.15, 0.2) is 84.9 Å². The highest BCUT2D eigenvalue weighted by Crippen LogP contribution is 2.24. The van der Waals surface area contributed by atoms with Crippen LogP contribution in [0.25, 0.3) is 5.69 Å². The largest absolute Gasteiger partial charge is 0.457 e. The third kappa shape index (κ3) is 5.27. The quantitative estimate of drug-likeness (QED) is 0.405. The average Bonchev–Trinajstić information content (AvgIpc) is 3.12. The molecule has 0 aliphatic carbocycles. The van der Waals surface area contributed by atoms with Crippen molar-refractivity contribution in [2.24, 2.45) is 0 Å². The Balaban J connectivity index is 1.37. The normalized spacial score (nSPS) is 10.5. The summed E-state index contributed by atoms with van der Waals surface area (Å²) in [6, 6.07) is 25.5. The minimum atomic E-state index is -0.614. The molecule has 0 atom stereocenters. The molecule has 1 heterocycles. The zero-order chi connectivity index (χ0) is 23.2. The van der Waals surface area contributed by atoms with Crippen LogP contribution in [0.5, 0.6) is 11.5 Å². The molecule has 0 unspecified atom stereocenters. The van der Waals surface area contributed by atoms with Gasteiger partial charge in [0, 0.05) is 0 Å². The van der Waals surface area contributed by atoms with Gasteiger partial charge in [-0.25, -0.2) is 9.48 Å². The molecule has 1 aromatic heterocycles. The second-order valence-electron chi connectivity index (χ2n) is 7.36. The van der Waals surface area contributed by atoms with Crippen LogP contribution in [0.2, 0.25) is 0 Å². The van der Waals surface area contributed by atoms with E-state index in [1.54, 1.807) is 28.9 Å². The fraction of sp³-hybridized carbons (Fsp3) is 0.115. The molecule has 3 aromatic carbocycles. The number of carbonyl (C=O) groups excluding carboxylic acids is 2. The molecule has 1 N–H and O–H groups in total. The van der Waals surface area contributed by atoms with Crippen molar-refractivity contribution >= 4 is 17.6 Å². The van der Waals surface area contributed by atoms with Gasteiger partial charge in [0.2, 0.25) is 0 Å². The Labute approximate surface area is 191 Å². The number of anilines is 1. The van der Waals surface area contributed by atoms with E-state index in [-0.39, 0.29) is 0 Å². The lowest BCUT2D eigenvalue weighted by Crippen LogP contribution is -2.21. The van der Waals surface area contributed by atoms with E-state index in [0.717, 1.165) is 11.4 Å². The molecule has 0 saturated carbocycles. The number of ether oxygens (including phenoxy) is 2. The number of aryl methyl sites for hydroxylation is 1. The van der Waals surface area contributed by atoms with E-state index in [1.165, 1.54) is 0 Å². The number of carbonyl (C=O) groups is 2. The molecule has 0 spiro atoms. The van der Waals surface area contributed by atoms with Gasteiger partial charge < -0.3 is 14.8 Å². The predicted octanol–water partition coefficient (Wildman–Crippen LogP) is 5.08. The van der Waals surface area contributed by atoms with Gasteiger partial charge in [-0.15, -0.1) is 0 Å². The van der Waals surface area contributed by atoms with Crippen LogP contribution >= 0.6 is 0 Å². The minimum absolute atomic E-state index is 0.292. The van der Waals surface area contributed by atoms with E-state index in [0.29, 0.717) is 28.4 Å². The van der Waals surface area contributed by atoms with Crippen LogP contribution in [0.1, 0.15) is 21.7 Å². The third-order valence-corrected chi connectivity index (χ3v) is 4.94. The van der Waals surface area contributed by atoms with Gasteiger partial charge in [0.05, 0.1) is 28.3 Å². The zero-order valence-electron chi connectivity index (χ0n) is 18.3. The maximum Gasteiger partial charge on any atom is 0.338 e. The highest BCUT2D eigenvalue weighted by Gasteiger charge is 2.17.